The van der Waals surface area contributed by atoms with Crippen LogP contribution in [-0.4, -0.2) is 11.8 Å². The third kappa shape index (κ3) is 4.30. The fraction of sp³-hybridized carbons (Fsp3) is 0.100. The first-order valence-corrected chi connectivity index (χ1v) is 8.05. The number of carbonyl (C=O) groups is 2. The molecule has 0 aliphatic heterocycles. The standard InChI is InChI=1S/C20H18N2O4/c1-14-7-9-15(10-8-14)19(23)21-22-20(24)18-16(11-12-25-18)13-26-17-5-3-2-4-6-17/h2-12H,13H2,1H3,(H,21,23)(H,22,24). The van der Waals surface area contributed by atoms with Crippen molar-refractivity contribution >= 4 is 11.8 Å². The second-order valence-electron chi connectivity index (χ2n) is 5.65. The normalized spacial score (nSPS) is 10.2. The Morgan fingerprint density at radius 3 is 2.35 bits per heavy atom. The number of benzene rings is 2. The van der Waals surface area contributed by atoms with Gasteiger partial charge in [0.05, 0.1) is 6.26 Å². The number of aryl methyl sites for hydroxylation is 1. The smallest absolute Gasteiger partial charge is 0.305 e. The van der Waals surface area contributed by atoms with Crippen LogP contribution in [0.25, 0.3) is 0 Å². The Morgan fingerprint density at radius 2 is 1.62 bits per heavy atom. The second-order valence-corrected chi connectivity index (χ2v) is 5.65. The van der Waals surface area contributed by atoms with Gasteiger partial charge in [0.2, 0.25) is 0 Å². The van der Waals surface area contributed by atoms with Crippen LogP contribution in [0.3, 0.4) is 0 Å². The minimum Gasteiger partial charge on any atom is -0.489 e. The molecule has 2 amide bonds. The molecule has 0 atom stereocenters. The maximum absolute atomic E-state index is 12.3. The molecular formula is C20H18N2O4. The van der Waals surface area contributed by atoms with Gasteiger partial charge in [-0.3, -0.25) is 20.4 Å². The highest BCUT2D eigenvalue weighted by Gasteiger charge is 2.17. The van der Waals surface area contributed by atoms with Gasteiger partial charge in [-0.1, -0.05) is 35.9 Å². The van der Waals surface area contributed by atoms with Gasteiger partial charge in [0.15, 0.2) is 5.76 Å². The predicted molar refractivity (Wildman–Crippen MR) is 95.6 cm³/mol. The lowest BCUT2D eigenvalue weighted by Gasteiger charge is -2.08. The fourth-order valence-corrected chi connectivity index (χ4v) is 2.27. The molecule has 0 saturated carbocycles. The lowest BCUT2D eigenvalue weighted by molar-refractivity contribution is 0.0829. The zero-order valence-electron chi connectivity index (χ0n) is 14.2. The van der Waals surface area contributed by atoms with Crippen molar-refractivity contribution in [3.05, 3.63) is 89.4 Å². The molecule has 3 rings (SSSR count). The molecule has 2 N–H and O–H groups in total. The van der Waals surface area contributed by atoms with Crippen LogP contribution in [0.4, 0.5) is 0 Å². The van der Waals surface area contributed by atoms with Crippen molar-refractivity contribution in [1.82, 2.24) is 10.9 Å². The lowest BCUT2D eigenvalue weighted by Crippen LogP contribution is -2.41. The van der Waals surface area contributed by atoms with E-state index >= 15 is 0 Å². The van der Waals surface area contributed by atoms with E-state index in [1.807, 2.05) is 49.4 Å². The van der Waals surface area contributed by atoms with Crippen LogP contribution in [0.15, 0.2) is 71.3 Å². The second kappa shape index (κ2) is 8.02. The zero-order valence-corrected chi connectivity index (χ0v) is 14.2. The molecule has 132 valence electrons. The number of furan rings is 1. The van der Waals surface area contributed by atoms with E-state index in [1.165, 1.54) is 6.26 Å². The molecule has 0 fully saturated rings. The lowest BCUT2D eigenvalue weighted by atomic mass is 10.1. The Kier molecular flexibility index (Phi) is 5.34. The Labute approximate surface area is 150 Å². The van der Waals surface area contributed by atoms with Crippen LogP contribution in [-0.2, 0) is 6.61 Å². The Morgan fingerprint density at radius 1 is 0.923 bits per heavy atom. The number of ether oxygens (including phenoxy) is 1. The van der Waals surface area contributed by atoms with Crippen LogP contribution in [0.1, 0.15) is 32.0 Å². The highest BCUT2D eigenvalue weighted by Crippen LogP contribution is 2.15. The van der Waals surface area contributed by atoms with Crippen LogP contribution in [0.2, 0.25) is 0 Å². The van der Waals surface area contributed by atoms with Crippen molar-refractivity contribution in [2.75, 3.05) is 0 Å². The van der Waals surface area contributed by atoms with Crippen LogP contribution in [0, 0.1) is 6.92 Å². The quantitative estimate of drug-likeness (QED) is 0.692. The molecule has 0 radical (unpaired) electrons. The summed E-state index contributed by atoms with van der Waals surface area (Å²) in [4.78, 5) is 24.3. The number of rotatable bonds is 5. The first-order chi connectivity index (χ1) is 12.6. The van der Waals surface area contributed by atoms with Gasteiger partial charge in [0, 0.05) is 11.1 Å². The van der Waals surface area contributed by atoms with E-state index in [9.17, 15) is 9.59 Å². The van der Waals surface area contributed by atoms with Crippen molar-refractivity contribution in [3.8, 4) is 5.75 Å². The number of carbonyl (C=O) groups excluding carboxylic acids is 2. The Balaban J connectivity index is 1.57. The number of hydrogen-bond donors (Lipinski definition) is 2. The fourth-order valence-electron chi connectivity index (χ4n) is 2.27. The van der Waals surface area contributed by atoms with Gasteiger partial charge in [-0.15, -0.1) is 0 Å². The molecule has 3 aromatic rings. The van der Waals surface area contributed by atoms with E-state index in [0.717, 1.165) is 5.56 Å². The number of para-hydroxylation sites is 1. The summed E-state index contributed by atoms with van der Waals surface area (Å²) in [6.07, 6.45) is 1.40. The van der Waals surface area contributed by atoms with Gasteiger partial charge in [-0.05, 0) is 37.3 Å². The number of hydrogen-bond acceptors (Lipinski definition) is 4. The summed E-state index contributed by atoms with van der Waals surface area (Å²) in [7, 11) is 0. The van der Waals surface area contributed by atoms with Crippen LogP contribution in [0.5, 0.6) is 5.75 Å². The highest BCUT2D eigenvalue weighted by molar-refractivity contribution is 5.98. The van der Waals surface area contributed by atoms with Crippen LogP contribution >= 0.6 is 0 Å². The van der Waals surface area contributed by atoms with Crippen molar-refractivity contribution < 1.29 is 18.7 Å². The minimum absolute atomic E-state index is 0.0881. The Hall–Kier alpha value is -3.54. The molecule has 6 heteroatoms. The molecule has 1 heterocycles. The molecule has 0 bridgehead atoms. The van der Waals surface area contributed by atoms with Gasteiger partial charge in [-0.25, -0.2) is 0 Å². The summed E-state index contributed by atoms with van der Waals surface area (Å²) in [6.45, 7) is 2.11. The first kappa shape index (κ1) is 17.3. The van der Waals surface area contributed by atoms with Gasteiger partial charge in [0.25, 0.3) is 5.91 Å². The number of nitrogens with one attached hydrogen (secondary N) is 2. The van der Waals surface area contributed by atoms with Crippen LogP contribution < -0.4 is 15.6 Å². The predicted octanol–water partition coefficient (Wildman–Crippen LogP) is 3.24. The summed E-state index contributed by atoms with van der Waals surface area (Å²) in [5.74, 6) is -0.188. The topological polar surface area (TPSA) is 80.6 Å². The summed E-state index contributed by atoms with van der Waals surface area (Å²) in [6, 6.07) is 17.9. The van der Waals surface area contributed by atoms with E-state index in [-0.39, 0.29) is 12.4 Å². The van der Waals surface area contributed by atoms with Gasteiger partial charge in [-0.2, -0.15) is 0 Å². The van der Waals surface area contributed by atoms with E-state index in [4.69, 9.17) is 9.15 Å². The number of amides is 2. The van der Waals surface area contributed by atoms with E-state index in [1.54, 1.807) is 18.2 Å². The van der Waals surface area contributed by atoms with Gasteiger partial charge < -0.3 is 9.15 Å². The maximum Gasteiger partial charge on any atom is 0.305 e. The third-order valence-electron chi connectivity index (χ3n) is 3.69. The summed E-state index contributed by atoms with van der Waals surface area (Å²) in [5, 5.41) is 0. The molecule has 0 aliphatic rings. The average Bonchev–Trinajstić information content (AvgIpc) is 3.14. The minimum atomic E-state index is -0.554. The summed E-state index contributed by atoms with van der Waals surface area (Å²) >= 11 is 0. The Bertz CT molecular complexity index is 886. The van der Waals surface area contributed by atoms with Crippen molar-refractivity contribution in [2.24, 2.45) is 0 Å². The van der Waals surface area contributed by atoms with E-state index < -0.39 is 11.8 Å². The molecule has 0 unspecified atom stereocenters. The monoisotopic (exact) mass is 350 g/mol. The SMILES string of the molecule is Cc1ccc(C(=O)NNC(=O)c2occc2COc2ccccc2)cc1. The summed E-state index contributed by atoms with van der Waals surface area (Å²) < 4.78 is 10.8. The van der Waals surface area contributed by atoms with Crippen molar-refractivity contribution in [3.63, 3.8) is 0 Å². The molecule has 0 spiro atoms. The summed E-state index contributed by atoms with van der Waals surface area (Å²) in [5.41, 5.74) is 6.79. The van der Waals surface area contributed by atoms with Gasteiger partial charge >= 0.3 is 5.91 Å². The zero-order chi connectivity index (χ0) is 18.4. The molecule has 0 saturated heterocycles. The van der Waals surface area contributed by atoms with Crippen molar-refractivity contribution in [1.29, 1.82) is 0 Å². The number of hydrazine groups is 1. The molecule has 0 aliphatic carbocycles. The maximum atomic E-state index is 12.3. The van der Waals surface area contributed by atoms with E-state index in [0.29, 0.717) is 16.9 Å². The molecular weight excluding hydrogens is 332 g/mol. The van der Waals surface area contributed by atoms with E-state index in [2.05, 4.69) is 10.9 Å². The largest absolute Gasteiger partial charge is 0.489 e. The highest BCUT2D eigenvalue weighted by atomic mass is 16.5. The van der Waals surface area contributed by atoms with Crippen molar-refractivity contribution in [2.45, 2.75) is 13.5 Å². The first-order valence-electron chi connectivity index (χ1n) is 8.05. The molecule has 1 aromatic heterocycles. The molecule has 2 aromatic carbocycles. The van der Waals surface area contributed by atoms with Gasteiger partial charge in [0.1, 0.15) is 12.4 Å². The third-order valence-corrected chi connectivity index (χ3v) is 3.69. The average molecular weight is 350 g/mol. The molecule has 6 nitrogen and oxygen atoms in total. The molecule has 26 heavy (non-hydrogen) atoms.